The molecule has 1 amide bonds. The summed E-state index contributed by atoms with van der Waals surface area (Å²) in [6.07, 6.45) is 3.62. The molecule has 0 aromatic heterocycles. The highest BCUT2D eigenvalue weighted by atomic mass is 32.2. The van der Waals surface area contributed by atoms with Gasteiger partial charge in [-0.05, 0) is 43.2 Å². The molecule has 172 valence electrons. The standard InChI is InChI=1S/C23H28N2O6S/c1-29-20-11-10-18(14-19(20)23(26)25-12-6-2-3-7-13-25)32(27,28)24-15-17-16-30-21-8-4-5-9-22(21)31-17/h4-5,8-11,14,17,24H,2-3,6-7,12-13,15-16H2,1H3. The van der Waals surface area contributed by atoms with E-state index in [2.05, 4.69) is 4.72 Å². The molecule has 1 saturated heterocycles. The second-order valence-electron chi connectivity index (χ2n) is 7.92. The minimum Gasteiger partial charge on any atom is -0.496 e. The third-order valence-electron chi connectivity index (χ3n) is 5.67. The lowest BCUT2D eigenvalue weighted by Gasteiger charge is -2.26. The van der Waals surface area contributed by atoms with Crippen LogP contribution in [0.25, 0.3) is 0 Å². The number of nitrogens with zero attached hydrogens (tertiary/aromatic N) is 1. The minimum absolute atomic E-state index is 0.00796. The lowest BCUT2D eigenvalue weighted by Crippen LogP contribution is -2.40. The molecule has 8 nitrogen and oxygen atoms in total. The summed E-state index contributed by atoms with van der Waals surface area (Å²) in [7, 11) is -2.40. The summed E-state index contributed by atoms with van der Waals surface area (Å²) >= 11 is 0. The number of fused-ring (bicyclic) bond motifs is 1. The van der Waals surface area contributed by atoms with E-state index in [1.54, 1.807) is 17.0 Å². The molecule has 4 rings (SSSR count). The fraction of sp³-hybridized carbons (Fsp3) is 0.435. The zero-order chi connectivity index (χ0) is 22.6. The number of hydrogen-bond donors (Lipinski definition) is 1. The van der Waals surface area contributed by atoms with Crippen LogP contribution in [0.1, 0.15) is 36.0 Å². The van der Waals surface area contributed by atoms with Gasteiger partial charge in [-0.2, -0.15) is 0 Å². The number of ether oxygens (including phenoxy) is 3. The van der Waals surface area contributed by atoms with Crippen molar-refractivity contribution in [3.8, 4) is 17.2 Å². The number of amides is 1. The first-order chi connectivity index (χ1) is 15.5. The number of benzene rings is 2. The van der Waals surface area contributed by atoms with Crippen molar-refractivity contribution in [2.75, 3.05) is 33.4 Å². The van der Waals surface area contributed by atoms with Crippen molar-refractivity contribution in [2.45, 2.75) is 36.7 Å². The number of methoxy groups -OCH3 is 1. The third kappa shape index (κ3) is 4.99. The van der Waals surface area contributed by atoms with Crippen LogP contribution in [0.3, 0.4) is 0 Å². The Morgan fingerprint density at radius 1 is 1.09 bits per heavy atom. The number of hydrogen-bond acceptors (Lipinski definition) is 6. The molecule has 1 atom stereocenters. The number of para-hydroxylation sites is 2. The van der Waals surface area contributed by atoms with Gasteiger partial charge in [0.2, 0.25) is 10.0 Å². The molecular weight excluding hydrogens is 432 g/mol. The van der Waals surface area contributed by atoms with Crippen molar-refractivity contribution >= 4 is 15.9 Å². The van der Waals surface area contributed by atoms with E-state index >= 15 is 0 Å². The second kappa shape index (κ2) is 9.79. The first-order valence-corrected chi connectivity index (χ1v) is 12.3. The van der Waals surface area contributed by atoms with Crippen LogP contribution in [0.2, 0.25) is 0 Å². The van der Waals surface area contributed by atoms with Crippen LogP contribution in [-0.2, 0) is 10.0 Å². The van der Waals surface area contributed by atoms with Crippen LogP contribution in [-0.4, -0.2) is 58.7 Å². The second-order valence-corrected chi connectivity index (χ2v) is 9.68. The molecule has 1 fully saturated rings. The van der Waals surface area contributed by atoms with Crippen molar-refractivity contribution in [1.29, 1.82) is 0 Å². The fourth-order valence-corrected chi connectivity index (χ4v) is 5.01. The Morgan fingerprint density at radius 3 is 2.53 bits per heavy atom. The third-order valence-corrected chi connectivity index (χ3v) is 7.09. The molecule has 2 aliphatic heterocycles. The molecule has 9 heteroatoms. The molecule has 2 aliphatic rings. The van der Waals surface area contributed by atoms with E-state index in [1.807, 2.05) is 12.1 Å². The first kappa shape index (κ1) is 22.4. The molecule has 2 aromatic rings. The molecule has 0 bridgehead atoms. The van der Waals surface area contributed by atoms with Gasteiger partial charge in [-0.15, -0.1) is 0 Å². The minimum atomic E-state index is -3.87. The van der Waals surface area contributed by atoms with Gasteiger partial charge in [0, 0.05) is 13.1 Å². The van der Waals surface area contributed by atoms with E-state index in [0.29, 0.717) is 30.3 Å². The first-order valence-electron chi connectivity index (χ1n) is 10.8. The van der Waals surface area contributed by atoms with Gasteiger partial charge in [-0.3, -0.25) is 4.79 Å². The fourth-order valence-electron chi connectivity index (χ4n) is 3.92. The molecule has 32 heavy (non-hydrogen) atoms. The number of likely N-dealkylation sites (tertiary alicyclic amines) is 1. The van der Waals surface area contributed by atoms with Crippen molar-refractivity contribution in [1.82, 2.24) is 9.62 Å². The van der Waals surface area contributed by atoms with Gasteiger partial charge in [0.1, 0.15) is 18.5 Å². The van der Waals surface area contributed by atoms with Crippen LogP contribution in [0.5, 0.6) is 17.2 Å². The van der Waals surface area contributed by atoms with Crippen LogP contribution in [0.15, 0.2) is 47.4 Å². The Balaban J connectivity index is 1.48. The maximum Gasteiger partial charge on any atom is 0.257 e. The maximum atomic E-state index is 13.1. The van der Waals surface area contributed by atoms with Gasteiger partial charge in [-0.25, -0.2) is 13.1 Å². The van der Waals surface area contributed by atoms with Gasteiger partial charge in [-0.1, -0.05) is 25.0 Å². The highest BCUT2D eigenvalue weighted by Crippen LogP contribution is 2.31. The molecule has 0 spiro atoms. The summed E-state index contributed by atoms with van der Waals surface area (Å²) in [5.74, 6) is 1.37. The SMILES string of the molecule is COc1ccc(S(=O)(=O)NCC2COc3ccccc3O2)cc1C(=O)N1CCCCCC1. The Kier molecular flexibility index (Phi) is 6.86. The average Bonchev–Trinajstić information content (AvgIpc) is 3.11. The summed E-state index contributed by atoms with van der Waals surface area (Å²) in [6, 6.07) is 11.6. The molecule has 1 N–H and O–H groups in total. The average molecular weight is 461 g/mol. The molecule has 1 unspecified atom stereocenters. The van der Waals surface area contributed by atoms with E-state index < -0.39 is 16.1 Å². The lowest BCUT2D eigenvalue weighted by atomic mass is 10.1. The zero-order valence-corrected chi connectivity index (χ0v) is 18.9. The maximum absolute atomic E-state index is 13.1. The van der Waals surface area contributed by atoms with Gasteiger partial charge >= 0.3 is 0 Å². The van der Waals surface area contributed by atoms with E-state index in [9.17, 15) is 13.2 Å². The molecule has 0 saturated carbocycles. The monoisotopic (exact) mass is 460 g/mol. The smallest absolute Gasteiger partial charge is 0.257 e. The Labute approximate surface area is 188 Å². The highest BCUT2D eigenvalue weighted by Gasteiger charge is 2.26. The van der Waals surface area contributed by atoms with Gasteiger partial charge in [0.15, 0.2) is 11.5 Å². The predicted molar refractivity (Wildman–Crippen MR) is 119 cm³/mol. The largest absolute Gasteiger partial charge is 0.496 e. The Bertz CT molecular complexity index is 1060. The summed E-state index contributed by atoms with van der Waals surface area (Å²) in [6.45, 7) is 1.61. The summed E-state index contributed by atoms with van der Waals surface area (Å²) in [4.78, 5) is 14.9. The van der Waals surface area contributed by atoms with Crippen LogP contribution in [0.4, 0.5) is 0 Å². The number of carbonyl (C=O) groups is 1. The van der Waals surface area contributed by atoms with Gasteiger partial charge in [0.05, 0.1) is 24.1 Å². The van der Waals surface area contributed by atoms with Gasteiger partial charge < -0.3 is 19.1 Å². The number of nitrogens with one attached hydrogen (secondary N) is 1. The number of carbonyl (C=O) groups excluding carboxylic acids is 1. The Hall–Kier alpha value is -2.78. The van der Waals surface area contributed by atoms with Gasteiger partial charge in [0.25, 0.3) is 5.91 Å². The molecule has 0 radical (unpaired) electrons. The highest BCUT2D eigenvalue weighted by molar-refractivity contribution is 7.89. The predicted octanol–water partition coefficient (Wildman–Crippen LogP) is 2.83. The summed E-state index contributed by atoms with van der Waals surface area (Å²) in [5.41, 5.74) is 0.253. The van der Waals surface area contributed by atoms with Crippen LogP contribution >= 0.6 is 0 Å². The molecular formula is C23H28N2O6S. The number of sulfonamides is 1. The van der Waals surface area contributed by atoms with Crippen LogP contribution < -0.4 is 18.9 Å². The molecule has 2 heterocycles. The van der Waals surface area contributed by atoms with Crippen molar-refractivity contribution < 1.29 is 27.4 Å². The summed E-state index contributed by atoms with van der Waals surface area (Å²) < 4.78 is 45.3. The zero-order valence-electron chi connectivity index (χ0n) is 18.1. The van der Waals surface area contributed by atoms with Crippen LogP contribution in [0, 0.1) is 0 Å². The molecule has 2 aromatic carbocycles. The van der Waals surface area contributed by atoms with Crippen molar-refractivity contribution in [2.24, 2.45) is 0 Å². The molecule has 0 aliphatic carbocycles. The lowest BCUT2D eigenvalue weighted by molar-refractivity contribution is 0.0758. The van der Waals surface area contributed by atoms with Crippen molar-refractivity contribution in [3.63, 3.8) is 0 Å². The quantitative estimate of drug-likeness (QED) is 0.713. The van der Waals surface area contributed by atoms with E-state index in [-0.39, 0.29) is 29.5 Å². The summed E-state index contributed by atoms with van der Waals surface area (Å²) in [5, 5.41) is 0. The normalized spacial score (nSPS) is 18.7. The Morgan fingerprint density at radius 2 is 1.81 bits per heavy atom. The topological polar surface area (TPSA) is 94.2 Å². The van der Waals surface area contributed by atoms with E-state index in [0.717, 1.165) is 25.7 Å². The van der Waals surface area contributed by atoms with E-state index in [4.69, 9.17) is 14.2 Å². The van der Waals surface area contributed by atoms with E-state index in [1.165, 1.54) is 25.3 Å². The van der Waals surface area contributed by atoms with Crippen molar-refractivity contribution in [3.05, 3.63) is 48.0 Å². The number of rotatable bonds is 6.